The molecule has 2 fully saturated rings. The van der Waals surface area contributed by atoms with Crippen molar-refractivity contribution in [2.75, 3.05) is 45.9 Å². The number of halogens is 1. The molecule has 148 valence electrons. The number of nitrogens with one attached hydrogen (secondary N) is 1. The van der Waals surface area contributed by atoms with E-state index in [0.717, 1.165) is 30.8 Å². The third-order valence-electron chi connectivity index (χ3n) is 5.42. The number of piperazine rings is 1. The average Bonchev–Trinajstić information content (AvgIpc) is 2.75. The average molecular weight is 384 g/mol. The number of amides is 1. The second-order valence-corrected chi connectivity index (χ2v) is 7.23. The largest absolute Gasteiger partial charge is 0.370 e. The van der Waals surface area contributed by atoms with E-state index in [2.05, 4.69) is 21.3 Å². The molecule has 0 spiro atoms. The van der Waals surface area contributed by atoms with Gasteiger partial charge in [-0.2, -0.15) is 0 Å². The molecule has 0 radical (unpaired) electrons. The zero-order valence-electron chi connectivity index (χ0n) is 15.8. The quantitative estimate of drug-likeness (QED) is 0.871. The van der Waals surface area contributed by atoms with Crippen molar-refractivity contribution in [2.24, 2.45) is 0 Å². The Hall–Kier alpha value is -2.35. The van der Waals surface area contributed by atoms with Gasteiger partial charge in [0.2, 0.25) is 5.91 Å². The van der Waals surface area contributed by atoms with Gasteiger partial charge in [0.05, 0.1) is 19.7 Å². The maximum atomic E-state index is 13.2. The molecule has 0 aliphatic carbocycles. The van der Waals surface area contributed by atoms with Crippen LogP contribution < -0.4 is 5.32 Å². The number of pyridine rings is 1. The highest BCUT2D eigenvalue weighted by molar-refractivity contribution is 5.78. The van der Waals surface area contributed by atoms with Crippen molar-refractivity contribution >= 4 is 5.91 Å². The molecule has 2 aliphatic heterocycles. The van der Waals surface area contributed by atoms with E-state index in [4.69, 9.17) is 4.74 Å². The number of morpholine rings is 1. The molecule has 7 heteroatoms. The summed E-state index contributed by atoms with van der Waals surface area (Å²) in [6.07, 6.45) is 3.42. The van der Waals surface area contributed by atoms with E-state index in [-0.39, 0.29) is 23.9 Å². The fourth-order valence-electron chi connectivity index (χ4n) is 3.87. The first-order valence-electron chi connectivity index (χ1n) is 9.70. The summed E-state index contributed by atoms with van der Waals surface area (Å²) in [4.78, 5) is 21.3. The predicted octanol–water partition coefficient (Wildman–Crippen LogP) is 1.77. The highest BCUT2D eigenvalue weighted by atomic mass is 19.1. The Balaban J connectivity index is 1.41. The molecule has 2 atom stereocenters. The number of benzene rings is 1. The summed E-state index contributed by atoms with van der Waals surface area (Å²) in [7, 11) is 0. The van der Waals surface area contributed by atoms with Crippen LogP contribution in [0.2, 0.25) is 0 Å². The highest BCUT2D eigenvalue weighted by Gasteiger charge is 2.30. The topological polar surface area (TPSA) is 57.7 Å². The Morgan fingerprint density at radius 2 is 2.07 bits per heavy atom. The van der Waals surface area contributed by atoms with E-state index in [0.29, 0.717) is 26.2 Å². The summed E-state index contributed by atoms with van der Waals surface area (Å²) in [5.41, 5.74) is 2.02. The van der Waals surface area contributed by atoms with E-state index >= 15 is 0 Å². The summed E-state index contributed by atoms with van der Waals surface area (Å²) in [5, 5.41) is 3.40. The minimum absolute atomic E-state index is 0.103. The van der Waals surface area contributed by atoms with Gasteiger partial charge in [-0.15, -0.1) is 0 Å². The summed E-state index contributed by atoms with van der Waals surface area (Å²) in [5.74, 6) is -0.168. The van der Waals surface area contributed by atoms with Gasteiger partial charge in [0.1, 0.15) is 11.9 Å². The molecule has 28 heavy (non-hydrogen) atoms. The van der Waals surface area contributed by atoms with Crippen molar-refractivity contribution in [3.63, 3.8) is 0 Å². The Labute approximate surface area is 164 Å². The molecule has 1 N–H and O–H groups in total. The normalized spacial score (nSPS) is 23.5. The zero-order valence-corrected chi connectivity index (χ0v) is 15.8. The van der Waals surface area contributed by atoms with E-state index in [1.165, 1.54) is 12.1 Å². The number of hydrogen-bond acceptors (Lipinski definition) is 5. The van der Waals surface area contributed by atoms with Crippen LogP contribution >= 0.6 is 0 Å². The number of carbonyl (C=O) groups excluding carboxylic acids is 1. The van der Waals surface area contributed by atoms with Gasteiger partial charge in [0, 0.05) is 44.6 Å². The second kappa shape index (κ2) is 8.77. The molecule has 2 aromatic rings. The first-order chi connectivity index (χ1) is 13.7. The Kier molecular flexibility index (Phi) is 5.95. The summed E-state index contributed by atoms with van der Waals surface area (Å²) in [6.45, 7) is 4.43. The second-order valence-electron chi connectivity index (χ2n) is 7.23. The van der Waals surface area contributed by atoms with Crippen molar-refractivity contribution in [3.05, 3.63) is 65.7 Å². The maximum Gasteiger partial charge on any atom is 0.236 e. The van der Waals surface area contributed by atoms with Crippen LogP contribution in [0.25, 0.3) is 0 Å². The predicted molar refractivity (Wildman–Crippen MR) is 103 cm³/mol. The summed E-state index contributed by atoms with van der Waals surface area (Å²) >= 11 is 0. The van der Waals surface area contributed by atoms with Crippen LogP contribution in [0.3, 0.4) is 0 Å². The molecular formula is C21H25FN4O2. The van der Waals surface area contributed by atoms with E-state index in [1.54, 1.807) is 18.3 Å². The monoisotopic (exact) mass is 384 g/mol. The number of carbonyl (C=O) groups is 1. The van der Waals surface area contributed by atoms with Crippen LogP contribution in [0.4, 0.5) is 4.39 Å². The fraction of sp³-hybridized carbons (Fsp3) is 0.429. The van der Waals surface area contributed by atoms with Gasteiger partial charge in [0.15, 0.2) is 0 Å². The zero-order chi connectivity index (χ0) is 19.3. The van der Waals surface area contributed by atoms with Crippen molar-refractivity contribution in [2.45, 2.75) is 12.1 Å². The molecule has 0 bridgehead atoms. The van der Waals surface area contributed by atoms with E-state index in [9.17, 15) is 9.18 Å². The molecule has 3 heterocycles. The number of hydrogen-bond donors (Lipinski definition) is 1. The summed E-state index contributed by atoms with van der Waals surface area (Å²) in [6, 6.07) is 10.4. The number of ether oxygens (including phenoxy) is 1. The Bertz CT molecular complexity index is 787. The molecule has 6 nitrogen and oxygen atoms in total. The van der Waals surface area contributed by atoms with Crippen LogP contribution in [0, 0.1) is 5.82 Å². The van der Waals surface area contributed by atoms with Gasteiger partial charge < -0.3 is 15.0 Å². The lowest BCUT2D eigenvalue weighted by Gasteiger charge is -2.38. The fourth-order valence-corrected chi connectivity index (χ4v) is 3.87. The van der Waals surface area contributed by atoms with E-state index < -0.39 is 0 Å². The molecule has 2 unspecified atom stereocenters. The van der Waals surface area contributed by atoms with Gasteiger partial charge >= 0.3 is 0 Å². The SMILES string of the molecule is O=C(CN1CCNCC1c1cccnc1)N1CCOC(c2ccc(F)cc2)C1. The third-order valence-corrected chi connectivity index (χ3v) is 5.42. The maximum absolute atomic E-state index is 13.2. The Morgan fingerprint density at radius 3 is 2.86 bits per heavy atom. The first kappa shape index (κ1) is 19.0. The van der Waals surface area contributed by atoms with Gasteiger partial charge in [-0.1, -0.05) is 18.2 Å². The number of rotatable bonds is 4. The number of aromatic nitrogens is 1. The third kappa shape index (κ3) is 4.38. The molecule has 2 saturated heterocycles. The van der Waals surface area contributed by atoms with Gasteiger partial charge in [-0.25, -0.2) is 4.39 Å². The molecular weight excluding hydrogens is 359 g/mol. The van der Waals surface area contributed by atoms with Gasteiger partial charge in [0.25, 0.3) is 0 Å². The molecule has 1 aromatic heterocycles. The van der Waals surface area contributed by atoms with Crippen molar-refractivity contribution in [3.8, 4) is 0 Å². The smallest absolute Gasteiger partial charge is 0.236 e. The first-order valence-corrected chi connectivity index (χ1v) is 9.70. The van der Waals surface area contributed by atoms with Crippen molar-refractivity contribution in [1.29, 1.82) is 0 Å². The van der Waals surface area contributed by atoms with Crippen LogP contribution in [-0.2, 0) is 9.53 Å². The molecule has 2 aliphatic rings. The van der Waals surface area contributed by atoms with Crippen LogP contribution in [-0.4, -0.2) is 66.6 Å². The van der Waals surface area contributed by atoms with Crippen molar-refractivity contribution < 1.29 is 13.9 Å². The summed E-state index contributed by atoms with van der Waals surface area (Å²) < 4.78 is 19.0. The minimum atomic E-state index is -0.271. The lowest BCUT2D eigenvalue weighted by Crippen LogP contribution is -2.52. The van der Waals surface area contributed by atoms with Gasteiger partial charge in [-0.05, 0) is 29.3 Å². The van der Waals surface area contributed by atoms with Crippen LogP contribution in [0.15, 0.2) is 48.8 Å². The van der Waals surface area contributed by atoms with Crippen LogP contribution in [0.1, 0.15) is 23.3 Å². The molecule has 0 saturated carbocycles. The van der Waals surface area contributed by atoms with Crippen molar-refractivity contribution in [1.82, 2.24) is 20.1 Å². The standard InChI is InChI=1S/C21H25FN4O2/c22-18-5-3-16(4-6-18)20-14-26(10-11-28-20)21(27)15-25-9-8-24-13-19(25)17-2-1-7-23-12-17/h1-7,12,19-20,24H,8-11,13-15H2. The highest BCUT2D eigenvalue weighted by Crippen LogP contribution is 2.24. The lowest BCUT2D eigenvalue weighted by atomic mass is 10.0. The molecule has 1 aromatic carbocycles. The minimum Gasteiger partial charge on any atom is -0.370 e. The lowest BCUT2D eigenvalue weighted by molar-refractivity contribution is -0.141. The van der Waals surface area contributed by atoms with Crippen LogP contribution in [0.5, 0.6) is 0 Å². The van der Waals surface area contributed by atoms with Gasteiger partial charge in [-0.3, -0.25) is 14.7 Å². The molecule has 1 amide bonds. The molecule has 4 rings (SSSR count). The van der Waals surface area contributed by atoms with E-state index in [1.807, 2.05) is 17.2 Å². The Morgan fingerprint density at radius 1 is 1.21 bits per heavy atom. The number of nitrogens with zero attached hydrogens (tertiary/aromatic N) is 3.